The number of hydrogen-bond acceptors (Lipinski definition) is 6. The molecule has 0 unspecified atom stereocenters. The predicted octanol–water partition coefficient (Wildman–Crippen LogP) is 3.18. The van der Waals surface area contributed by atoms with E-state index < -0.39 is 0 Å². The summed E-state index contributed by atoms with van der Waals surface area (Å²) in [7, 11) is 4.99. The lowest BCUT2D eigenvalue weighted by Crippen LogP contribution is -2.25. The van der Waals surface area contributed by atoms with Crippen molar-refractivity contribution in [3.8, 4) is 22.9 Å². The number of amides is 1. The van der Waals surface area contributed by atoms with Crippen LogP contribution in [-0.2, 0) is 13.6 Å². The Hall–Kier alpha value is -3.81. The second kappa shape index (κ2) is 7.67. The quantitative estimate of drug-likeness (QED) is 0.542. The molecule has 2 aromatic heterocycles. The number of nitrogens with one attached hydrogen (secondary N) is 1. The van der Waals surface area contributed by atoms with Gasteiger partial charge < -0.3 is 23.9 Å². The van der Waals surface area contributed by atoms with E-state index in [2.05, 4.69) is 15.5 Å². The smallest absolute Gasteiger partial charge is 0.268 e. The van der Waals surface area contributed by atoms with Crippen molar-refractivity contribution in [1.29, 1.82) is 0 Å². The maximum atomic E-state index is 12.8. The number of nitrogens with zero attached hydrogens (tertiary/aromatic N) is 3. The standard InChI is InChI=1S/C21H20N4O4/c1-25-15(11-14-16(27-2)9-10-17(28-3)19(14)25)21(26)22-12-18-23-20(24-29-18)13-7-5-4-6-8-13/h4-11H,12H2,1-3H3,(H,22,26). The first kappa shape index (κ1) is 18.5. The fraction of sp³-hybridized carbons (Fsp3) is 0.190. The number of benzene rings is 2. The summed E-state index contributed by atoms with van der Waals surface area (Å²) in [6.45, 7) is 0.120. The molecule has 0 aliphatic heterocycles. The van der Waals surface area contributed by atoms with Gasteiger partial charge in [0.15, 0.2) is 0 Å². The Kier molecular flexibility index (Phi) is 4.90. The van der Waals surface area contributed by atoms with Crippen molar-refractivity contribution in [2.24, 2.45) is 7.05 Å². The van der Waals surface area contributed by atoms with E-state index in [4.69, 9.17) is 14.0 Å². The maximum Gasteiger partial charge on any atom is 0.268 e. The summed E-state index contributed by atoms with van der Waals surface area (Å²) in [5, 5.41) is 7.57. The fourth-order valence-electron chi connectivity index (χ4n) is 3.25. The average Bonchev–Trinajstić information content (AvgIpc) is 3.37. The number of aryl methyl sites for hydroxylation is 1. The molecule has 1 amide bonds. The molecule has 4 aromatic rings. The zero-order chi connectivity index (χ0) is 20.4. The van der Waals surface area contributed by atoms with Crippen molar-refractivity contribution in [1.82, 2.24) is 20.0 Å². The van der Waals surface area contributed by atoms with Crippen LogP contribution in [-0.4, -0.2) is 34.8 Å². The maximum absolute atomic E-state index is 12.8. The van der Waals surface area contributed by atoms with Crippen LogP contribution in [0.2, 0.25) is 0 Å². The minimum Gasteiger partial charge on any atom is -0.496 e. The molecule has 148 valence electrons. The molecular formula is C21H20N4O4. The van der Waals surface area contributed by atoms with E-state index in [1.165, 1.54) is 0 Å². The highest BCUT2D eigenvalue weighted by atomic mass is 16.5. The molecule has 8 nitrogen and oxygen atoms in total. The van der Waals surface area contributed by atoms with Gasteiger partial charge in [0.25, 0.3) is 5.91 Å². The summed E-state index contributed by atoms with van der Waals surface area (Å²) in [6, 6.07) is 14.9. The van der Waals surface area contributed by atoms with Gasteiger partial charge in [0, 0.05) is 18.0 Å². The Labute approximate surface area is 167 Å². The lowest BCUT2D eigenvalue weighted by Gasteiger charge is -2.09. The summed E-state index contributed by atoms with van der Waals surface area (Å²) in [6.07, 6.45) is 0. The number of methoxy groups -OCH3 is 2. The molecule has 0 radical (unpaired) electrons. The van der Waals surface area contributed by atoms with Gasteiger partial charge in [-0.05, 0) is 18.2 Å². The molecule has 29 heavy (non-hydrogen) atoms. The summed E-state index contributed by atoms with van der Waals surface area (Å²) < 4.78 is 17.9. The van der Waals surface area contributed by atoms with E-state index >= 15 is 0 Å². The SMILES string of the molecule is COc1ccc(OC)c2c1cc(C(=O)NCc1nc(-c3ccccc3)no1)n2C. The lowest BCUT2D eigenvalue weighted by atomic mass is 10.2. The first-order chi connectivity index (χ1) is 14.1. The van der Waals surface area contributed by atoms with Crippen LogP contribution in [0, 0.1) is 0 Å². The third kappa shape index (κ3) is 3.40. The normalized spacial score (nSPS) is 10.9. The zero-order valence-electron chi connectivity index (χ0n) is 16.3. The Morgan fingerprint density at radius 3 is 2.55 bits per heavy atom. The van der Waals surface area contributed by atoms with Crippen LogP contribution in [0.3, 0.4) is 0 Å². The van der Waals surface area contributed by atoms with Gasteiger partial charge in [0.2, 0.25) is 11.7 Å². The van der Waals surface area contributed by atoms with E-state index in [9.17, 15) is 4.79 Å². The van der Waals surface area contributed by atoms with E-state index in [0.717, 1.165) is 16.5 Å². The molecule has 0 bridgehead atoms. The third-order valence-electron chi connectivity index (χ3n) is 4.69. The molecule has 0 aliphatic carbocycles. The van der Waals surface area contributed by atoms with Crippen molar-refractivity contribution in [2.75, 3.05) is 14.2 Å². The second-order valence-electron chi connectivity index (χ2n) is 6.38. The number of rotatable bonds is 6. The van der Waals surface area contributed by atoms with Gasteiger partial charge in [0.05, 0.1) is 26.3 Å². The highest BCUT2D eigenvalue weighted by Crippen LogP contribution is 2.35. The van der Waals surface area contributed by atoms with E-state index in [1.807, 2.05) is 42.5 Å². The van der Waals surface area contributed by atoms with Gasteiger partial charge in [-0.15, -0.1) is 0 Å². The molecule has 0 atom stereocenters. The summed E-state index contributed by atoms with van der Waals surface area (Å²) in [5.41, 5.74) is 2.09. The summed E-state index contributed by atoms with van der Waals surface area (Å²) >= 11 is 0. The Balaban J connectivity index is 1.56. The zero-order valence-corrected chi connectivity index (χ0v) is 16.3. The van der Waals surface area contributed by atoms with Gasteiger partial charge in [-0.2, -0.15) is 4.98 Å². The molecule has 0 saturated heterocycles. The number of carbonyl (C=O) groups is 1. The molecule has 8 heteroatoms. The highest BCUT2D eigenvalue weighted by Gasteiger charge is 2.19. The third-order valence-corrected chi connectivity index (χ3v) is 4.69. The van der Waals surface area contributed by atoms with Gasteiger partial charge in [-0.1, -0.05) is 35.5 Å². The first-order valence-electron chi connectivity index (χ1n) is 8.99. The van der Waals surface area contributed by atoms with Gasteiger partial charge in [-0.3, -0.25) is 4.79 Å². The van der Waals surface area contributed by atoms with Crippen molar-refractivity contribution >= 4 is 16.8 Å². The van der Waals surface area contributed by atoms with Crippen LogP contribution >= 0.6 is 0 Å². The predicted molar refractivity (Wildman–Crippen MR) is 107 cm³/mol. The molecule has 2 aromatic carbocycles. The van der Waals surface area contributed by atoms with Gasteiger partial charge >= 0.3 is 0 Å². The Bertz CT molecular complexity index is 1160. The minimum absolute atomic E-state index is 0.120. The van der Waals surface area contributed by atoms with Crippen LogP contribution in [0.1, 0.15) is 16.4 Å². The van der Waals surface area contributed by atoms with Crippen LogP contribution in [0.15, 0.2) is 53.1 Å². The minimum atomic E-state index is -0.271. The first-order valence-corrected chi connectivity index (χ1v) is 8.99. The molecule has 2 heterocycles. The molecule has 1 N–H and O–H groups in total. The number of aromatic nitrogens is 3. The van der Waals surface area contributed by atoms with Crippen molar-refractivity contribution < 1.29 is 18.8 Å². The largest absolute Gasteiger partial charge is 0.496 e. The fourth-order valence-corrected chi connectivity index (χ4v) is 3.25. The summed E-state index contributed by atoms with van der Waals surface area (Å²) in [4.78, 5) is 17.1. The molecule has 4 rings (SSSR count). The molecule has 0 saturated carbocycles. The average molecular weight is 392 g/mol. The molecule has 0 fully saturated rings. The number of carbonyl (C=O) groups excluding carboxylic acids is 1. The molecule has 0 aliphatic rings. The topological polar surface area (TPSA) is 91.4 Å². The van der Waals surface area contributed by atoms with Crippen molar-refractivity contribution in [2.45, 2.75) is 6.54 Å². The Morgan fingerprint density at radius 2 is 1.83 bits per heavy atom. The monoisotopic (exact) mass is 392 g/mol. The van der Waals surface area contributed by atoms with Crippen molar-refractivity contribution in [3.63, 3.8) is 0 Å². The van der Waals surface area contributed by atoms with E-state index in [1.54, 1.807) is 31.9 Å². The number of ether oxygens (including phenoxy) is 2. The lowest BCUT2D eigenvalue weighted by molar-refractivity contribution is 0.0938. The summed E-state index contributed by atoms with van der Waals surface area (Å²) in [5.74, 6) is 1.86. The van der Waals surface area contributed by atoms with Crippen LogP contribution < -0.4 is 14.8 Å². The van der Waals surface area contributed by atoms with Gasteiger partial charge in [-0.25, -0.2) is 0 Å². The van der Waals surface area contributed by atoms with Crippen molar-refractivity contribution in [3.05, 3.63) is 60.1 Å². The molecular weight excluding hydrogens is 372 g/mol. The van der Waals surface area contributed by atoms with E-state index in [0.29, 0.717) is 28.9 Å². The second-order valence-corrected chi connectivity index (χ2v) is 6.38. The van der Waals surface area contributed by atoms with Crippen LogP contribution in [0.5, 0.6) is 11.5 Å². The molecule has 0 spiro atoms. The highest BCUT2D eigenvalue weighted by molar-refractivity contribution is 6.02. The van der Waals surface area contributed by atoms with E-state index in [-0.39, 0.29) is 12.5 Å². The number of fused-ring (bicyclic) bond motifs is 1. The van der Waals surface area contributed by atoms with Gasteiger partial charge in [0.1, 0.15) is 17.2 Å². The van der Waals surface area contributed by atoms with Crippen LogP contribution in [0.4, 0.5) is 0 Å². The number of hydrogen-bond donors (Lipinski definition) is 1. The van der Waals surface area contributed by atoms with Crippen LogP contribution in [0.25, 0.3) is 22.3 Å². The Morgan fingerprint density at radius 1 is 1.10 bits per heavy atom.